The zero-order valence-electron chi connectivity index (χ0n) is 20.2. The van der Waals surface area contributed by atoms with Gasteiger partial charge in [0, 0.05) is 18.7 Å². The maximum atomic E-state index is 13.4. The number of ether oxygens (including phenoxy) is 1. The van der Waals surface area contributed by atoms with Crippen molar-refractivity contribution < 1.29 is 14.3 Å². The number of amides is 2. The highest BCUT2D eigenvalue weighted by atomic mass is 16.6. The van der Waals surface area contributed by atoms with Gasteiger partial charge in [-0.25, -0.2) is 4.79 Å². The van der Waals surface area contributed by atoms with Crippen LogP contribution < -0.4 is 5.32 Å². The molecule has 4 rings (SSSR count). The summed E-state index contributed by atoms with van der Waals surface area (Å²) in [6.45, 7) is 6.46. The first-order valence-electron chi connectivity index (χ1n) is 11.7. The molecule has 0 spiro atoms. The molecule has 1 aliphatic heterocycles. The Hall–Kier alpha value is -4.11. The van der Waals surface area contributed by atoms with Gasteiger partial charge in [0.1, 0.15) is 5.60 Å². The summed E-state index contributed by atoms with van der Waals surface area (Å²) in [7, 11) is 0. The van der Waals surface area contributed by atoms with E-state index in [9.17, 15) is 9.59 Å². The van der Waals surface area contributed by atoms with Crippen molar-refractivity contribution in [3.8, 4) is 28.3 Å². The highest BCUT2D eigenvalue weighted by molar-refractivity contribution is 5.98. The SMILES string of the molecule is CC(C)(C)OC(=O)N[C@H]1CCN(C(=O)c2ccc(-c3ccccc3)c(-c3ccc(C#N)cc3)c2)C1. The number of likely N-dealkylation sites (tertiary alicyclic amines) is 1. The molecule has 35 heavy (non-hydrogen) atoms. The molecule has 6 nitrogen and oxygen atoms in total. The molecule has 1 atom stereocenters. The number of rotatable bonds is 4. The molecule has 3 aromatic rings. The zero-order valence-corrected chi connectivity index (χ0v) is 20.2. The van der Waals surface area contributed by atoms with Gasteiger partial charge in [-0.3, -0.25) is 4.79 Å². The molecule has 2 amide bonds. The van der Waals surface area contributed by atoms with E-state index in [1.54, 1.807) is 17.0 Å². The summed E-state index contributed by atoms with van der Waals surface area (Å²) in [6, 6.07) is 25.2. The molecule has 1 saturated heterocycles. The summed E-state index contributed by atoms with van der Waals surface area (Å²) < 4.78 is 5.34. The van der Waals surface area contributed by atoms with E-state index >= 15 is 0 Å². The van der Waals surface area contributed by atoms with E-state index in [1.807, 2.05) is 81.4 Å². The number of nitrogens with one attached hydrogen (secondary N) is 1. The van der Waals surface area contributed by atoms with Crippen LogP contribution in [0.1, 0.15) is 43.1 Å². The third-order valence-corrected chi connectivity index (χ3v) is 5.87. The van der Waals surface area contributed by atoms with Gasteiger partial charge >= 0.3 is 6.09 Å². The lowest BCUT2D eigenvalue weighted by Gasteiger charge is -2.22. The molecule has 6 heteroatoms. The molecule has 3 aromatic carbocycles. The predicted octanol–water partition coefficient (Wildman–Crippen LogP) is 5.63. The molecule has 178 valence electrons. The smallest absolute Gasteiger partial charge is 0.407 e. The highest BCUT2D eigenvalue weighted by Crippen LogP contribution is 2.33. The van der Waals surface area contributed by atoms with E-state index in [1.165, 1.54) is 0 Å². The van der Waals surface area contributed by atoms with E-state index in [4.69, 9.17) is 10.00 Å². The molecule has 0 radical (unpaired) electrons. The van der Waals surface area contributed by atoms with Crippen LogP contribution in [0.25, 0.3) is 22.3 Å². The third kappa shape index (κ3) is 5.88. The Bertz CT molecular complexity index is 1260. The monoisotopic (exact) mass is 467 g/mol. The molecule has 0 unspecified atom stereocenters. The fraction of sp³-hybridized carbons (Fsp3) is 0.276. The minimum atomic E-state index is -0.569. The lowest BCUT2D eigenvalue weighted by atomic mass is 9.92. The normalized spacial score (nSPS) is 15.4. The number of hydrogen-bond acceptors (Lipinski definition) is 4. The molecule has 0 saturated carbocycles. The highest BCUT2D eigenvalue weighted by Gasteiger charge is 2.29. The van der Waals surface area contributed by atoms with Crippen LogP contribution in [0, 0.1) is 11.3 Å². The number of carbonyl (C=O) groups is 2. The van der Waals surface area contributed by atoms with Gasteiger partial charge in [-0.05, 0) is 73.7 Å². The van der Waals surface area contributed by atoms with Crippen molar-refractivity contribution in [1.82, 2.24) is 10.2 Å². The quantitative estimate of drug-likeness (QED) is 0.539. The van der Waals surface area contributed by atoms with Crippen molar-refractivity contribution in [2.75, 3.05) is 13.1 Å². The van der Waals surface area contributed by atoms with E-state index in [2.05, 4.69) is 11.4 Å². The van der Waals surface area contributed by atoms with E-state index < -0.39 is 11.7 Å². The minimum Gasteiger partial charge on any atom is -0.444 e. The lowest BCUT2D eigenvalue weighted by Crippen LogP contribution is -2.41. The second kappa shape index (κ2) is 10.0. The van der Waals surface area contributed by atoms with Crippen molar-refractivity contribution in [3.63, 3.8) is 0 Å². The first-order chi connectivity index (χ1) is 16.7. The first kappa shape index (κ1) is 24.0. The number of nitriles is 1. The minimum absolute atomic E-state index is 0.0759. The Labute approximate surface area is 206 Å². The van der Waals surface area contributed by atoms with Gasteiger partial charge in [-0.2, -0.15) is 5.26 Å². The van der Waals surface area contributed by atoms with Crippen molar-refractivity contribution in [2.24, 2.45) is 0 Å². The maximum absolute atomic E-state index is 13.4. The van der Waals surface area contributed by atoms with Crippen LogP contribution in [0.4, 0.5) is 4.79 Å². The number of nitrogens with zero attached hydrogens (tertiary/aromatic N) is 2. The molecule has 1 N–H and O–H groups in total. The summed E-state index contributed by atoms with van der Waals surface area (Å²) in [5, 5.41) is 12.0. The molecular formula is C29H29N3O3. The Morgan fingerprint density at radius 3 is 2.31 bits per heavy atom. The van der Waals surface area contributed by atoms with Crippen molar-refractivity contribution in [1.29, 1.82) is 5.26 Å². The molecule has 0 bridgehead atoms. The van der Waals surface area contributed by atoms with Gasteiger partial charge in [0.15, 0.2) is 0 Å². The zero-order chi connectivity index (χ0) is 25.0. The van der Waals surface area contributed by atoms with Crippen molar-refractivity contribution in [3.05, 3.63) is 83.9 Å². The Morgan fingerprint density at radius 2 is 1.66 bits per heavy atom. The van der Waals surface area contributed by atoms with Gasteiger partial charge in [-0.1, -0.05) is 48.5 Å². The second-order valence-corrected chi connectivity index (χ2v) is 9.70. The predicted molar refractivity (Wildman–Crippen MR) is 136 cm³/mol. The second-order valence-electron chi connectivity index (χ2n) is 9.70. The van der Waals surface area contributed by atoms with Gasteiger partial charge in [0.2, 0.25) is 0 Å². The van der Waals surface area contributed by atoms with Crippen LogP contribution in [0.5, 0.6) is 0 Å². The van der Waals surface area contributed by atoms with Crippen LogP contribution in [0.15, 0.2) is 72.8 Å². The Kier molecular flexibility index (Phi) is 6.88. The molecule has 1 fully saturated rings. The maximum Gasteiger partial charge on any atom is 0.407 e. The number of hydrogen-bond donors (Lipinski definition) is 1. The molecular weight excluding hydrogens is 438 g/mol. The first-order valence-corrected chi connectivity index (χ1v) is 11.7. The number of carbonyl (C=O) groups excluding carboxylic acids is 2. The summed E-state index contributed by atoms with van der Waals surface area (Å²) in [5.41, 5.74) is 4.52. The number of alkyl carbamates (subject to hydrolysis) is 1. The molecule has 0 aliphatic carbocycles. The fourth-order valence-corrected chi connectivity index (χ4v) is 4.23. The van der Waals surface area contributed by atoms with Gasteiger partial charge in [-0.15, -0.1) is 0 Å². The fourth-order valence-electron chi connectivity index (χ4n) is 4.23. The van der Waals surface area contributed by atoms with Gasteiger partial charge in [0.05, 0.1) is 17.7 Å². The molecule has 0 aromatic heterocycles. The summed E-state index contributed by atoms with van der Waals surface area (Å²) in [6.07, 6.45) is 0.211. The number of benzene rings is 3. The molecule has 1 heterocycles. The van der Waals surface area contributed by atoms with E-state index in [0.29, 0.717) is 30.6 Å². The summed E-state index contributed by atoms with van der Waals surface area (Å²) >= 11 is 0. The van der Waals surface area contributed by atoms with Crippen molar-refractivity contribution >= 4 is 12.0 Å². The molecule has 1 aliphatic rings. The summed E-state index contributed by atoms with van der Waals surface area (Å²) in [4.78, 5) is 27.3. The average Bonchev–Trinajstić information content (AvgIpc) is 3.31. The van der Waals surface area contributed by atoms with Crippen LogP contribution >= 0.6 is 0 Å². The average molecular weight is 468 g/mol. The lowest BCUT2D eigenvalue weighted by molar-refractivity contribution is 0.0502. The third-order valence-electron chi connectivity index (χ3n) is 5.87. The standard InChI is InChI=1S/C29H29N3O3/c1-29(2,3)35-28(34)31-24-15-16-32(19-24)27(33)23-13-14-25(21-7-5-4-6-8-21)26(17-23)22-11-9-20(18-30)10-12-22/h4-14,17,24H,15-16,19H2,1-3H3,(H,31,34)/t24-/m0/s1. The van der Waals surface area contributed by atoms with Crippen molar-refractivity contribution in [2.45, 2.75) is 38.8 Å². The Balaban J connectivity index is 1.58. The van der Waals surface area contributed by atoms with Crippen LogP contribution in [-0.2, 0) is 4.74 Å². The summed E-state index contributed by atoms with van der Waals surface area (Å²) in [5.74, 6) is -0.0759. The van der Waals surface area contributed by atoms with Gasteiger partial charge < -0.3 is 15.0 Å². The van der Waals surface area contributed by atoms with Gasteiger partial charge in [0.25, 0.3) is 5.91 Å². The van der Waals surface area contributed by atoms with Crippen LogP contribution in [0.3, 0.4) is 0 Å². The van der Waals surface area contributed by atoms with Crippen LogP contribution in [0.2, 0.25) is 0 Å². The largest absolute Gasteiger partial charge is 0.444 e. The van der Waals surface area contributed by atoms with Crippen LogP contribution in [-0.4, -0.2) is 41.6 Å². The Morgan fingerprint density at radius 1 is 0.971 bits per heavy atom. The van der Waals surface area contributed by atoms with E-state index in [-0.39, 0.29) is 11.9 Å². The topological polar surface area (TPSA) is 82.4 Å². The van der Waals surface area contributed by atoms with E-state index in [0.717, 1.165) is 22.3 Å².